The van der Waals surface area contributed by atoms with Crippen LogP contribution in [-0.2, 0) is 9.59 Å². The maximum Gasteiger partial charge on any atom is 0.279 e. The van der Waals surface area contributed by atoms with Crippen LogP contribution in [0.4, 0.5) is 15.8 Å². The number of anilines is 2. The first kappa shape index (κ1) is 20.2. The number of amides is 2. The van der Waals surface area contributed by atoms with Crippen LogP contribution in [0, 0.1) is 12.7 Å². The summed E-state index contributed by atoms with van der Waals surface area (Å²) in [7, 11) is 1.69. The zero-order valence-electron chi connectivity index (χ0n) is 14.3. The van der Waals surface area contributed by atoms with E-state index in [-0.39, 0.29) is 30.6 Å². The van der Waals surface area contributed by atoms with E-state index in [9.17, 15) is 14.0 Å². The quantitative estimate of drug-likeness (QED) is 0.699. The summed E-state index contributed by atoms with van der Waals surface area (Å²) in [5.41, 5.74) is 1.40. The fourth-order valence-corrected chi connectivity index (χ4v) is 2.60. The van der Waals surface area contributed by atoms with Gasteiger partial charge in [0.25, 0.3) is 11.8 Å². The van der Waals surface area contributed by atoms with Crippen LogP contribution in [0.25, 0.3) is 0 Å². The Morgan fingerprint density at radius 3 is 2.27 bits per heavy atom. The van der Waals surface area contributed by atoms with Gasteiger partial charge in [0, 0.05) is 5.69 Å². The van der Waals surface area contributed by atoms with E-state index in [0.29, 0.717) is 20.6 Å². The lowest BCUT2D eigenvalue weighted by Crippen LogP contribution is -3.11. The van der Waals surface area contributed by atoms with Gasteiger partial charge in [-0.25, -0.2) is 4.39 Å². The largest absolute Gasteiger partial charge is 0.322 e. The number of quaternary nitrogens is 1. The zero-order valence-corrected chi connectivity index (χ0v) is 15.8. The molecule has 26 heavy (non-hydrogen) atoms. The maximum atomic E-state index is 13.8. The molecule has 0 aliphatic rings. The molecule has 3 N–H and O–H groups in total. The minimum absolute atomic E-state index is 0.0160. The molecule has 0 saturated carbocycles. The molecular weight excluding hydrogens is 380 g/mol. The first-order valence-corrected chi connectivity index (χ1v) is 8.62. The van der Waals surface area contributed by atoms with Crippen LogP contribution in [0.3, 0.4) is 0 Å². The van der Waals surface area contributed by atoms with Crippen LogP contribution < -0.4 is 15.5 Å². The van der Waals surface area contributed by atoms with Crippen molar-refractivity contribution < 1.29 is 18.9 Å². The molecule has 2 rings (SSSR count). The number of likely N-dealkylation sites (N-methyl/N-ethyl adjacent to an activating group) is 1. The third kappa shape index (κ3) is 5.98. The van der Waals surface area contributed by atoms with E-state index in [1.54, 1.807) is 38.2 Å². The first-order chi connectivity index (χ1) is 12.2. The van der Waals surface area contributed by atoms with Crippen molar-refractivity contribution in [3.63, 3.8) is 0 Å². The number of carbonyl (C=O) groups excluding carboxylic acids is 2. The average molecular weight is 399 g/mol. The van der Waals surface area contributed by atoms with Gasteiger partial charge in [-0.1, -0.05) is 29.3 Å². The molecule has 2 aromatic carbocycles. The van der Waals surface area contributed by atoms with Gasteiger partial charge in [0.05, 0.1) is 22.8 Å². The molecule has 0 aliphatic carbocycles. The molecule has 0 radical (unpaired) electrons. The van der Waals surface area contributed by atoms with E-state index in [1.807, 2.05) is 0 Å². The summed E-state index contributed by atoms with van der Waals surface area (Å²) in [4.78, 5) is 24.7. The normalized spacial score (nSPS) is 11.7. The van der Waals surface area contributed by atoms with Gasteiger partial charge >= 0.3 is 0 Å². The Hall–Kier alpha value is -2.15. The summed E-state index contributed by atoms with van der Waals surface area (Å²) in [6.45, 7) is 1.84. The number of hydrogen-bond donors (Lipinski definition) is 3. The van der Waals surface area contributed by atoms with Crippen LogP contribution in [0.5, 0.6) is 0 Å². The SMILES string of the molecule is Cc1ccc(NC(=O)C[NH+](C)CC(=O)Nc2ccc(Cl)c(Cl)c2)c(F)c1. The first-order valence-electron chi connectivity index (χ1n) is 7.87. The number of rotatable bonds is 6. The minimum Gasteiger partial charge on any atom is -0.322 e. The molecule has 0 aromatic heterocycles. The average Bonchev–Trinajstić information content (AvgIpc) is 2.53. The molecule has 1 unspecified atom stereocenters. The maximum absolute atomic E-state index is 13.8. The van der Waals surface area contributed by atoms with Crippen molar-refractivity contribution in [3.05, 3.63) is 57.8 Å². The Morgan fingerprint density at radius 2 is 1.65 bits per heavy atom. The number of benzene rings is 2. The van der Waals surface area contributed by atoms with E-state index >= 15 is 0 Å². The van der Waals surface area contributed by atoms with E-state index in [0.717, 1.165) is 5.56 Å². The second-order valence-corrected chi connectivity index (χ2v) is 6.83. The molecule has 0 spiro atoms. The summed E-state index contributed by atoms with van der Waals surface area (Å²) in [6.07, 6.45) is 0. The van der Waals surface area contributed by atoms with Crippen molar-refractivity contribution in [1.29, 1.82) is 0 Å². The number of nitrogens with one attached hydrogen (secondary N) is 3. The summed E-state index contributed by atoms with van der Waals surface area (Å²) >= 11 is 11.7. The summed E-state index contributed by atoms with van der Waals surface area (Å²) in [5.74, 6) is -1.16. The van der Waals surface area contributed by atoms with Gasteiger partial charge in [-0.05, 0) is 42.8 Å². The van der Waals surface area contributed by atoms with Crippen LogP contribution >= 0.6 is 23.2 Å². The zero-order chi connectivity index (χ0) is 19.3. The lowest BCUT2D eigenvalue weighted by Gasteiger charge is -2.14. The molecule has 2 aromatic rings. The van der Waals surface area contributed by atoms with E-state index in [4.69, 9.17) is 23.2 Å². The Balaban J connectivity index is 1.84. The third-order valence-electron chi connectivity index (χ3n) is 3.53. The molecule has 0 heterocycles. The summed E-state index contributed by atoms with van der Waals surface area (Å²) in [5, 5.41) is 5.92. The van der Waals surface area contributed by atoms with Gasteiger partial charge < -0.3 is 15.5 Å². The van der Waals surface area contributed by atoms with Gasteiger partial charge in [0.1, 0.15) is 5.82 Å². The number of carbonyl (C=O) groups is 2. The molecule has 0 aliphatic heterocycles. The molecule has 0 bridgehead atoms. The van der Waals surface area contributed by atoms with Crippen molar-refractivity contribution in [2.24, 2.45) is 0 Å². The van der Waals surface area contributed by atoms with E-state index in [1.165, 1.54) is 12.1 Å². The third-order valence-corrected chi connectivity index (χ3v) is 4.27. The van der Waals surface area contributed by atoms with Crippen molar-refractivity contribution in [2.45, 2.75) is 6.92 Å². The predicted octanol–water partition coefficient (Wildman–Crippen LogP) is 2.53. The molecule has 1 atom stereocenters. The van der Waals surface area contributed by atoms with Gasteiger partial charge in [0.15, 0.2) is 13.1 Å². The molecule has 8 heteroatoms. The molecule has 0 fully saturated rings. The fraction of sp³-hybridized carbons (Fsp3) is 0.222. The molecule has 2 amide bonds. The van der Waals surface area contributed by atoms with Gasteiger partial charge in [0.2, 0.25) is 0 Å². The number of halogens is 3. The number of hydrogen-bond acceptors (Lipinski definition) is 2. The Labute approximate surface area is 161 Å². The van der Waals surface area contributed by atoms with E-state index < -0.39 is 5.82 Å². The van der Waals surface area contributed by atoms with Crippen molar-refractivity contribution >= 4 is 46.4 Å². The van der Waals surface area contributed by atoms with Gasteiger partial charge in [-0.15, -0.1) is 0 Å². The van der Waals surface area contributed by atoms with Crippen LogP contribution in [-0.4, -0.2) is 32.0 Å². The Kier molecular flexibility index (Phi) is 6.97. The minimum atomic E-state index is -0.492. The Morgan fingerprint density at radius 1 is 1.00 bits per heavy atom. The molecule has 5 nitrogen and oxygen atoms in total. The summed E-state index contributed by atoms with van der Waals surface area (Å²) in [6, 6.07) is 9.32. The lowest BCUT2D eigenvalue weighted by molar-refractivity contribution is -0.862. The second-order valence-electron chi connectivity index (χ2n) is 6.02. The topological polar surface area (TPSA) is 62.6 Å². The summed E-state index contributed by atoms with van der Waals surface area (Å²) < 4.78 is 13.8. The monoisotopic (exact) mass is 398 g/mol. The predicted molar refractivity (Wildman–Crippen MR) is 101 cm³/mol. The molecule has 0 saturated heterocycles. The van der Waals surface area contributed by atoms with Crippen LogP contribution in [0.2, 0.25) is 10.0 Å². The highest BCUT2D eigenvalue weighted by atomic mass is 35.5. The van der Waals surface area contributed by atoms with Gasteiger partial charge in [-0.2, -0.15) is 0 Å². The van der Waals surface area contributed by atoms with Crippen LogP contribution in [0.15, 0.2) is 36.4 Å². The number of aryl methyl sites for hydroxylation is 1. The molecular formula is C18H19Cl2FN3O2+. The fourth-order valence-electron chi connectivity index (χ4n) is 2.31. The smallest absolute Gasteiger partial charge is 0.279 e. The standard InChI is InChI=1S/C18H18Cl2FN3O2/c1-11-3-6-16(15(21)7-11)23-18(26)10-24(2)9-17(25)22-12-4-5-13(19)14(20)8-12/h3-8H,9-10H2,1-2H3,(H,22,25)(H,23,26)/p+1. The highest BCUT2D eigenvalue weighted by molar-refractivity contribution is 6.42. The molecule has 138 valence electrons. The second kappa shape index (κ2) is 8.98. The van der Waals surface area contributed by atoms with Gasteiger partial charge in [-0.3, -0.25) is 9.59 Å². The Bertz CT molecular complexity index is 830. The van der Waals surface area contributed by atoms with Crippen molar-refractivity contribution in [3.8, 4) is 0 Å². The van der Waals surface area contributed by atoms with Crippen molar-refractivity contribution in [1.82, 2.24) is 0 Å². The van der Waals surface area contributed by atoms with E-state index in [2.05, 4.69) is 10.6 Å². The highest BCUT2D eigenvalue weighted by Crippen LogP contribution is 2.24. The van der Waals surface area contributed by atoms with Crippen molar-refractivity contribution in [2.75, 3.05) is 30.8 Å². The van der Waals surface area contributed by atoms with Crippen LogP contribution in [0.1, 0.15) is 5.56 Å². The highest BCUT2D eigenvalue weighted by Gasteiger charge is 2.16. The lowest BCUT2D eigenvalue weighted by atomic mass is 10.2.